The minimum Gasteiger partial charge on any atom is -0.326 e. The summed E-state index contributed by atoms with van der Waals surface area (Å²) in [5.74, 6) is -1.48. The number of nitrogens with zero attached hydrogens (tertiary/aromatic N) is 4. The minimum atomic E-state index is -4.48. The van der Waals surface area contributed by atoms with Crippen molar-refractivity contribution in [3.8, 4) is 0 Å². The molecule has 0 bridgehead atoms. The van der Waals surface area contributed by atoms with Crippen LogP contribution < -0.4 is 5.32 Å². The number of carbonyl (C=O) groups is 1. The van der Waals surface area contributed by atoms with E-state index in [4.69, 9.17) is 0 Å². The van der Waals surface area contributed by atoms with Crippen LogP contribution in [-0.2, 0) is 30.5 Å². The maximum absolute atomic E-state index is 13.0. The van der Waals surface area contributed by atoms with Crippen LogP contribution in [0.2, 0.25) is 0 Å². The summed E-state index contributed by atoms with van der Waals surface area (Å²) in [5, 5.41) is 7.04. The van der Waals surface area contributed by atoms with Gasteiger partial charge in [0, 0.05) is 48.9 Å². The third-order valence-corrected chi connectivity index (χ3v) is 4.82. The van der Waals surface area contributed by atoms with Crippen molar-refractivity contribution < 1.29 is 18.0 Å². The zero-order valence-electron chi connectivity index (χ0n) is 14.9. The van der Waals surface area contributed by atoms with Crippen LogP contribution in [0, 0.1) is 5.92 Å². The fourth-order valence-corrected chi connectivity index (χ4v) is 3.49. The molecular formula is C19H18F3N5O. The number of imidazole rings is 1. The number of rotatable bonds is 4. The van der Waals surface area contributed by atoms with Gasteiger partial charge in [0.1, 0.15) is 0 Å². The van der Waals surface area contributed by atoms with Gasteiger partial charge in [-0.05, 0) is 30.2 Å². The Morgan fingerprint density at radius 2 is 2.14 bits per heavy atom. The molecule has 0 radical (unpaired) electrons. The Kier molecular flexibility index (Phi) is 4.66. The van der Waals surface area contributed by atoms with E-state index in [9.17, 15) is 18.0 Å². The molecule has 2 aromatic heterocycles. The molecule has 0 saturated carbocycles. The standard InChI is InChI=1S/C19H18F3N5O/c20-19(21,22)18-23-11-16-10-14(5-8-27(16)18)17(28)25-15-4-1-3-13(9-15)12-26-7-2-6-24-26/h1-4,6-7,9,11,14H,5,8,10,12H2,(H,25,28)/t14-/m0/s1. The van der Waals surface area contributed by atoms with Crippen LogP contribution in [0.5, 0.6) is 0 Å². The summed E-state index contributed by atoms with van der Waals surface area (Å²) in [6.07, 6.45) is 0.859. The van der Waals surface area contributed by atoms with Gasteiger partial charge >= 0.3 is 6.18 Å². The summed E-state index contributed by atoms with van der Waals surface area (Å²) in [5.41, 5.74) is 2.08. The Labute approximate surface area is 159 Å². The van der Waals surface area contributed by atoms with E-state index in [1.807, 2.05) is 30.5 Å². The first-order chi connectivity index (χ1) is 13.4. The van der Waals surface area contributed by atoms with Crippen molar-refractivity contribution in [2.75, 3.05) is 5.32 Å². The molecule has 28 heavy (non-hydrogen) atoms. The molecule has 1 aromatic carbocycles. The van der Waals surface area contributed by atoms with Crippen molar-refractivity contribution in [1.82, 2.24) is 19.3 Å². The number of hydrogen-bond donors (Lipinski definition) is 1. The number of alkyl halides is 3. The highest BCUT2D eigenvalue weighted by Gasteiger charge is 2.39. The van der Waals surface area contributed by atoms with Crippen molar-refractivity contribution in [2.24, 2.45) is 5.92 Å². The molecule has 1 aliphatic rings. The van der Waals surface area contributed by atoms with E-state index in [0.29, 0.717) is 24.3 Å². The van der Waals surface area contributed by atoms with Crippen LogP contribution in [-0.4, -0.2) is 25.2 Å². The van der Waals surface area contributed by atoms with Crippen molar-refractivity contribution in [1.29, 1.82) is 0 Å². The molecule has 0 unspecified atom stereocenters. The van der Waals surface area contributed by atoms with Gasteiger partial charge in [0.2, 0.25) is 11.7 Å². The molecule has 146 valence electrons. The van der Waals surface area contributed by atoms with Gasteiger partial charge in [-0.15, -0.1) is 0 Å². The summed E-state index contributed by atoms with van der Waals surface area (Å²) in [6.45, 7) is 0.709. The molecule has 4 rings (SSSR count). The smallest absolute Gasteiger partial charge is 0.326 e. The van der Waals surface area contributed by atoms with Gasteiger partial charge in [0.05, 0.1) is 6.54 Å². The maximum atomic E-state index is 13.0. The number of benzene rings is 1. The average Bonchev–Trinajstić information content (AvgIpc) is 3.30. The van der Waals surface area contributed by atoms with E-state index in [1.54, 1.807) is 16.9 Å². The Hall–Kier alpha value is -3.10. The molecule has 1 atom stereocenters. The summed E-state index contributed by atoms with van der Waals surface area (Å²) in [6, 6.07) is 9.28. The maximum Gasteiger partial charge on any atom is 0.449 e. The van der Waals surface area contributed by atoms with E-state index < -0.39 is 12.0 Å². The number of halogens is 3. The third kappa shape index (κ3) is 3.78. The lowest BCUT2D eigenvalue weighted by atomic mass is 9.95. The van der Waals surface area contributed by atoms with Gasteiger partial charge < -0.3 is 9.88 Å². The molecule has 1 N–H and O–H groups in total. The second-order valence-electron chi connectivity index (χ2n) is 6.81. The lowest BCUT2D eigenvalue weighted by Gasteiger charge is -2.24. The van der Waals surface area contributed by atoms with E-state index in [-0.39, 0.29) is 24.8 Å². The normalized spacial score (nSPS) is 16.6. The Morgan fingerprint density at radius 1 is 1.29 bits per heavy atom. The number of aromatic nitrogens is 4. The number of nitrogens with one attached hydrogen (secondary N) is 1. The quantitative estimate of drug-likeness (QED) is 0.744. The SMILES string of the molecule is O=C(Nc1cccc(Cn2cccn2)c1)[C@H]1CCn2c(cnc2C(F)(F)F)C1. The second kappa shape index (κ2) is 7.14. The Bertz CT molecular complexity index is 978. The van der Waals surface area contributed by atoms with Crippen LogP contribution in [0.25, 0.3) is 0 Å². The number of anilines is 1. The summed E-state index contributed by atoms with van der Waals surface area (Å²) in [4.78, 5) is 16.1. The number of hydrogen-bond acceptors (Lipinski definition) is 3. The average molecular weight is 389 g/mol. The van der Waals surface area contributed by atoms with E-state index in [2.05, 4.69) is 15.4 Å². The van der Waals surface area contributed by atoms with Crippen LogP contribution >= 0.6 is 0 Å². The lowest BCUT2D eigenvalue weighted by Crippen LogP contribution is -2.31. The fourth-order valence-electron chi connectivity index (χ4n) is 3.49. The third-order valence-electron chi connectivity index (χ3n) is 4.82. The summed E-state index contributed by atoms with van der Waals surface area (Å²) in [7, 11) is 0. The first-order valence-corrected chi connectivity index (χ1v) is 8.89. The zero-order chi connectivity index (χ0) is 19.7. The number of carbonyl (C=O) groups excluding carboxylic acids is 1. The van der Waals surface area contributed by atoms with Crippen LogP contribution in [0.3, 0.4) is 0 Å². The summed E-state index contributed by atoms with van der Waals surface area (Å²) >= 11 is 0. The van der Waals surface area contributed by atoms with Gasteiger partial charge in [-0.1, -0.05) is 12.1 Å². The lowest BCUT2D eigenvalue weighted by molar-refractivity contribution is -0.147. The fraction of sp³-hybridized carbons (Fsp3) is 0.316. The van der Waals surface area contributed by atoms with E-state index in [1.165, 1.54) is 6.20 Å². The van der Waals surface area contributed by atoms with Crippen LogP contribution in [0.15, 0.2) is 48.9 Å². The first-order valence-electron chi connectivity index (χ1n) is 8.89. The van der Waals surface area contributed by atoms with Gasteiger partial charge in [0.25, 0.3) is 0 Å². The first kappa shape index (κ1) is 18.3. The summed E-state index contributed by atoms with van der Waals surface area (Å²) < 4.78 is 41.8. The molecule has 6 nitrogen and oxygen atoms in total. The molecular weight excluding hydrogens is 371 g/mol. The molecule has 1 amide bonds. The van der Waals surface area contributed by atoms with Gasteiger partial charge in [0.15, 0.2) is 0 Å². The zero-order valence-corrected chi connectivity index (χ0v) is 14.9. The number of amides is 1. The van der Waals surface area contributed by atoms with Gasteiger partial charge in [-0.2, -0.15) is 18.3 Å². The second-order valence-corrected chi connectivity index (χ2v) is 6.81. The Balaban J connectivity index is 1.43. The molecule has 9 heteroatoms. The molecule has 0 saturated heterocycles. The van der Waals surface area contributed by atoms with E-state index >= 15 is 0 Å². The van der Waals surface area contributed by atoms with Gasteiger partial charge in [-0.25, -0.2) is 4.98 Å². The molecule has 1 aliphatic heterocycles. The molecule has 3 heterocycles. The number of fused-ring (bicyclic) bond motifs is 1. The Morgan fingerprint density at radius 3 is 2.89 bits per heavy atom. The topological polar surface area (TPSA) is 64.7 Å². The van der Waals surface area contributed by atoms with Crippen molar-refractivity contribution >= 4 is 11.6 Å². The highest BCUT2D eigenvalue weighted by Crippen LogP contribution is 2.32. The van der Waals surface area contributed by atoms with Crippen molar-refractivity contribution in [2.45, 2.75) is 32.1 Å². The molecule has 0 aliphatic carbocycles. The monoisotopic (exact) mass is 389 g/mol. The molecule has 0 fully saturated rings. The predicted molar refractivity (Wildman–Crippen MR) is 95.4 cm³/mol. The van der Waals surface area contributed by atoms with Gasteiger partial charge in [-0.3, -0.25) is 9.48 Å². The van der Waals surface area contributed by atoms with Crippen molar-refractivity contribution in [3.05, 3.63) is 66.0 Å². The van der Waals surface area contributed by atoms with Crippen molar-refractivity contribution in [3.63, 3.8) is 0 Å². The van der Waals surface area contributed by atoms with Crippen LogP contribution in [0.1, 0.15) is 23.5 Å². The highest BCUT2D eigenvalue weighted by molar-refractivity contribution is 5.92. The minimum absolute atomic E-state index is 0.127. The van der Waals surface area contributed by atoms with E-state index in [0.717, 1.165) is 10.1 Å². The molecule has 3 aromatic rings. The largest absolute Gasteiger partial charge is 0.449 e. The predicted octanol–water partition coefficient (Wildman–Crippen LogP) is 3.35. The van der Waals surface area contributed by atoms with Crippen LogP contribution in [0.4, 0.5) is 18.9 Å². The molecule has 0 spiro atoms. The highest BCUT2D eigenvalue weighted by atomic mass is 19.4.